The molecule has 2 rings (SSSR count). The van der Waals surface area contributed by atoms with Crippen molar-refractivity contribution in [3.63, 3.8) is 0 Å². The summed E-state index contributed by atoms with van der Waals surface area (Å²) in [5.74, 6) is 0.828. The highest BCUT2D eigenvalue weighted by atomic mass is 16.6. The van der Waals surface area contributed by atoms with Gasteiger partial charge in [0.15, 0.2) is 0 Å². The van der Waals surface area contributed by atoms with Crippen LogP contribution < -0.4 is 10.1 Å². The lowest BCUT2D eigenvalue weighted by molar-refractivity contribution is 0.156. The minimum Gasteiger partial charge on any atom is -0.497 e. The van der Waals surface area contributed by atoms with Gasteiger partial charge in [-0.1, -0.05) is 12.1 Å². The van der Waals surface area contributed by atoms with Crippen molar-refractivity contribution in [2.24, 2.45) is 0 Å². The number of ether oxygens (including phenoxy) is 2. The van der Waals surface area contributed by atoms with E-state index in [2.05, 4.69) is 5.32 Å². The molecule has 1 amide bonds. The highest BCUT2D eigenvalue weighted by Gasteiger charge is 2.25. The topological polar surface area (TPSA) is 50.8 Å². The minimum atomic E-state index is -0.233. The number of benzene rings is 1. The van der Waals surface area contributed by atoms with Gasteiger partial charge in [0.2, 0.25) is 0 Å². The first kappa shape index (κ1) is 12.7. The van der Waals surface area contributed by atoms with Crippen LogP contribution in [0.5, 0.6) is 5.75 Å². The van der Waals surface area contributed by atoms with Crippen LogP contribution in [0.4, 0.5) is 4.79 Å². The summed E-state index contributed by atoms with van der Waals surface area (Å²) in [4.78, 5) is 13.1. The maximum atomic E-state index is 11.4. The van der Waals surface area contributed by atoms with Gasteiger partial charge in [0.05, 0.1) is 13.7 Å². The predicted molar refractivity (Wildman–Crippen MR) is 67.7 cm³/mol. The summed E-state index contributed by atoms with van der Waals surface area (Å²) < 4.78 is 10.1. The van der Waals surface area contributed by atoms with Gasteiger partial charge in [0.1, 0.15) is 12.4 Å². The fourth-order valence-corrected chi connectivity index (χ4v) is 2.01. The Labute approximate surface area is 107 Å². The second-order valence-corrected chi connectivity index (χ2v) is 4.17. The molecule has 0 aliphatic carbocycles. The van der Waals surface area contributed by atoms with E-state index in [4.69, 9.17) is 9.47 Å². The Morgan fingerprint density at radius 3 is 2.67 bits per heavy atom. The molecule has 1 saturated heterocycles. The summed E-state index contributed by atoms with van der Waals surface area (Å²) in [5, 5.41) is 3.21. The van der Waals surface area contributed by atoms with E-state index in [-0.39, 0.29) is 12.1 Å². The number of carbonyl (C=O) groups is 1. The van der Waals surface area contributed by atoms with Crippen LogP contribution in [0.15, 0.2) is 24.3 Å². The van der Waals surface area contributed by atoms with Gasteiger partial charge in [-0.25, -0.2) is 4.79 Å². The van der Waals surface area contributed by atoms with E-state index in [9.17, 15) is 4.79 Å². The SMILES string of the molecule is CNC(CN1CCOC1=O)c1ccc(OC)cc1. The Morgan fingerprint density at radius 2 is 2.17 bits per heavy atom. The molecule has 1 heterocycles. The molecule has 1 N–H and O–H groups in total. The highest BCUT2D eigenvalue weighted by molar-refractivity contribution is 5.69. The van der Waals surface area contributed by atoms with Crippen molar-refractivity contribution in [1.82, 2.24) is 10.2 Å². The first-order valence-corrected chi connectivity index (χ1v) is 5.97. The summed E-state index contributed by atoms with van der Waals surface area (Å²) in [5.41, 5.74) is 1.12. The van der Waals surface area contributed by atoms with E-state index in [0.717, 1.165) is 11.3 Å². The summed E-state index contributed by atoms with van der Waals surface area (Å²) >= 11 is 0. The maximum absolute atomic E-state index is 11.4. The molecule has 18 heavy (non-hydrogen) atoms. The van der Waals surface area contributed by atoms with Crippen molar-refractivity contribution in [3.05, 3.63) is 29.8 Å². The number of rotatable bonds is 5. The average Bonchev–Trinajstić information content (AvgIpc) is 2.81. The molecule has 0 bridgehead atoms. The third-order valence-corrected chi connectivity index (χ3v) is 3.11. The molecule has 0 radical (unpaired) electrons. The van der Waals surface area contributed by atoms with Crippen LogP contribution in [0.25, 0.3) is 0 Å². The van der Waals surface area contributed by atoms with Crippen LogP contribution in [-0.4, -0.2) is 44.8 Å². The zero-order valence-electron chi connectivity index (χ0n) is 10.7. The average molecular weight is 250 g/mol. The Kier molecular flexibility index (Phi) is 4.04. The van der Waals surface area contributed by atoms with Crippen LogP contribution in [-0.2, 0) is 4.74 Å². The molecule has 1 unspecified atom stereocenters. The zero-order chi connectivity index (χ0) is 13.0. The minimum absolute atomic E-state index is 0.0987. The summed E-state index contributed by atoms with van der Waals surface area (Å²) in [6.07, 6.45) is -0.233. The van der Waals surface area contributed by atoms with Gasteiger partial charge >= 0.3 is 6.09 Å². The van der Waals surface area contributed by atoms with Crippen LogP contribution in [0.3, 0.4) is 0 Å². The van der Waals surface area contributed by atoms with E-state index >= 15 is 0 Å². The van der Waals surface area contributed by atoms with Crippen LogP contribution in [0, 0.1) is 0 Å². The molecule has 0 spiro atoms. The molecule has 1 aromatic rings. The fraction of sp³-hybridized carbons (Fsp3) is 0.462. The maximum Gasteiger partial charge on any atom is 0.410 e. The molecule has 1 atom stereocenters. The normalized spacial score (nSPS) is 16.6. The molecule has 0 saturated carbocycles. The number of carbonyl (C=O) groups excluding carboxylic acids is 1. The van der Waals surface area contributed by atoms with Gasteiger partial charge in [-0.15, -0.1) is 0 Å². The molecule has 1 aliphatic heterocycles. The van der Waals surface area contributed by atoms with Crippen molar-refractivity contribution in [2.45, 2.75) is 6.04 Å². The monoisotopic (exact) mass is 250 g/mol. The molecular formula is C13H18N2O3. The number of nitrogens with zero attached hydrogens (tertiary/aromatic N) is 1. The van der Waals surface area contributed by atoms with Crippen molar-refractivity contribution in [2.75, 3.05) is 33.9 Å². The molecule has 1 aliphatic rings. The predicted octanol–water partition coefficient (Wildman–Crippen LogP) is 1.41. The molecule has 1 fully saturated rings. The Hall–Kier alpha value is -1.75. The molecule has 0 aromatic heterocycles. The standard InChI is InChI=1S/C13H18N2O3/c1-14-12(9-15-7-8-18-13(15)16)10-3-5-11(17-2)6-4-10/h3-6,12,14H,7-9H2,1-2H3. The first-order chi connectivity index (χ1) is 8.74. The van der Waals surface area contributed by atoms with Crippen LogP contribution in [0.1, 0.15) is 11.6 Å². The zero-order valence-corrected chi connectivity index (χ0v) is 10.7. The molecule has 98 valence electrons. The first-order valence-electron chi connectivity index (χ1n) is 5.97. The second kappa shape index (κ2) is 5.73. The third-order valence-electron chi connectivity index (χ3n) is 3.11. The van der Waals surface area contributed by atoms with E-state index in [1.807, 2.05) is 31.3 Å². The van der Waals surface area contributed by atoms with E-state index < -0.39 is 0 Å². The number of likely N-dealkylation sites (N-methyl/N-ethyl adjacent to an activating group) is 1. The lowest BCUT2D eigenvalue weighted by Gasteiger charge is -2.22. The number of amides is 1. The fourth-order valence-electron chi connectivity index (χ4n) is 2.01. The summed E-state index contributed by atoms with van der Waals surface area (Å²) in [7, 11) is 3.53. The number of cyclic esters (lactones) is 1. The van der Waals surface area contributed by atoms with Crippen LogP contribution >= 0.6 is 0 Å². The molecule has 1 aromatic carbocycles. The summed E-state index contributed by atoms with van der Waals surface area (Å²) in [6.45, 7) is 1.76. The van der Waals surface area contributed by atoms with Crippen molar-refractivity contribution < 1.29 is 14.3 Å². The molecule has 5 heteroatoms. The van der Waals surface area contributed by atoms with Gasteiger partial charge in [0, 0.05) is 12.6 Å². The molecular weight excluding hydrogens is 232 g/mol. The lowest BCUT2D eigenvalue weighted by Crippen LogP contribution is -2.34. The van der Waals surface area contributed by atoms with E-state index in [1.54, 1.807) is 12.0 Å². The quantitative estimate of drug-likeness (QED) is 0.858. The highest BCUT2D eigenvalue weighted by Crippen LogP contribution is 2.19. The number of methoxy groups -OCH3 is 1. The Balaban J connectivity index is 2.04. The Morgan fingerprint density at radius 1 is 1.44 bits per heavy atom. The van der Waals surface area contributed by atoms with Gasteiger partial charge in [-0.2, -0.15) is 0 Å². The van der Waals surface area contributed by atoms with Gasteiger partial charge in [-0.05, 0) is 24.7 Å². The largest absolute Gasteiger partial charge is 0.497 e. The van der Waals surface area contributed by atoms with Gasteiger partial charge in [0.25, 0.3) is 0 Å². The number of hydrogen-bond acceptors (Lipinski definition) is 4. The molecule has 5 nitrogen and oxygen atoms in total. The van der Waals surface area contributed by atoms with Crippen molar-refractivity contribution in [1.29, 1.82) is 0 Å². The van der Waals surface area contributed by atoms with Crippen molar-refractivity contribution >= 4 is 6.09 Å². The Bertz CT molecular complexity index is 405. The second-order valence-electron chi connectivity index (χ2n) is 4.17. The van der Waals surface area contributed by atoms with Crippen LogP contribution in [0.2, 0.25) is 0 Å². The lowest BCUT2D eigenvalue weighted by atomic mass is 10.1. The smallest absolute Gasteiger partial charge is 0.410 e. The van der Waals surface area contributed by atoms with Crippen molar-refractivity contribution in [3.8, 4) is 5.75 Å². The van der Waals surface area contributed by atoms with Gasteiger partial charge < -0.3 is 19.7 Å². The van der Waals surface area contributed by atoms with E-state index in [1.165, 1.54) is 0 Å². The number of nitrogens with one attached hydrogen (secondary N) is 1. The van der Waals surface area contributed by atoms with Gasteiger partial charge in [-0.3, -0.25) is 0 Å². The summed E-state index contributed by atoms with van der Waals surface area (Å²) in [6, 6.07) is 7.94. The third kappa shape index (κ3) is 2.73. The van der Waals surface area contributed by atoms with E-state index in [0.29, 0.717) is 19.7 Å². The number of hydrogen-bond donors (Lipinski definition) is 1.